The van der Waals surface area contributed by atoms with Crippen LogP contribution in [0.3, 0.4) is 0 Å². The van der Waals surface area contributed by atoms with Crippen LogP contribution in [-0.2, 0) is 4.79 Å². The quantitative estimate of drug-likeness (QED) is 0.582. The molecule has 4 heteroatoms. The number of rotatable bonds is 3. The zero-order valence-electron chi connectivity index (χ0n) is 6.58. The van der Waals surface area contributed by atoms with Gasteiger partial charge in [-0.05, 0) is 5.56 Å². The van der Waals surface area contributed by atoms with E-state index in [4.69, 9.17) is 34.8 Å². The van der Waals surface area contributed by atoms with Crippen LogP contribution in [0, 0.1) is 0 Å². The van der Waals surface area contributed by atoms with Gasteiger partial charge in [0, 0.05) is 0 Å². The molecule has 0 N–H and O–H groups in total. The molecule has 1 aromatic carbocycles. The van der Waals surface area contributed by atoms with Crippen molar-refractivity contribution in [1.29, 1.82) is 0 Å². The van der Waals surface area contributed by atoms with Crippen molar-refractivity contribution in [3.63, 3.8) is 0 Å². The van der Waals surface area contributed by atoms with Crippen LogP contribution in [0.25, 0.3) is 0 Å². The molecule has 0 saturated carbocycles. The molecule has 1 aromatic rings. The monoisotopic (exact) mass is 236 g/mol. The van der Waals surface area contributed by atoms with Crippen LogP contribution in [0.2, 0.25) is 0 Å². The highest BCUT2D eigenvalue weighted by Crippen LogP contribution is 2.39. The predicted octanol–water partition coefficient (Wildman–Crippen LogP) is 3.34. The van der Waals surface area contributed by atoms with Crippen molar-refractivity contribution >= 4 is 41.1 Å². The van der Waals surface area contributed by atoms with Crippen molar-refractivity contribution in [1.82, 2.24) is 0 Å². The molecular formula is C9H7Cl3O. The Kier molecular flexibility index (Phi) is 3.60. The van der Waals surface area contributed by atoms with E-state index >= 15 is 0 Å². The fourth-order valence-electron chi connectivity index (χ4n) is 0.904. The number of alkyl halides is 3. The van der Waals surface area contributed by atoms with Gasteiger partial charge in [-0.3, -0.25) is 4.79 Å². The number of hydrogen-bond acceptors (Lipinski definition) is 1. The highest BCUT2D eigenvalue weighted by Gasteiger charge is 2.34. The fraction of sp³-hybridized carbons (Fsp3) is 0.222. The van der Waals surface area contributed by atoms with Gasteiger partial charge in [0.1, 0.15) is 0 Å². The van der Waals surface area contributed by atoms with E-state index in [9.17, 15) is 4.79 Å². The van der Waals surface area contributed by atoms with Crippen LogP contribution >= 0.6 is 34.8 Å². The largest absolute Gasteiger partial charge is 0.300 e. The first kappa shape index (κ1) is 10.8. The molecule has 0 fully saturated rings. The van der Waals surface area contributed by atoms with Crippen molar-refractivity contribution in [3.05, 3.63) is 35.9 Å². The number of carbonyl (C=O) groups is 1. The Labute approximate surface area is 91.6 Å². The maximum absolute atomic E-state index is 10.5. The van der Waals surface area contributed by atoms with Crippen LogP contribution in [-0.4, -0.2) is 10.6 Å². The first-order valence-electron chi connectivity index (χ1n) is 3.61. The minimum atomic E-state index is -1.57. The van der Waals surface area contributed by atoms with Crippen molar-refractivity contribution in [2.24, 2.45) is 0 Å². The number of aldehydes is 1. The van der Waals surface area contributed by atoms with Gasteiger partial charge in [0.2, 0.25) is 0 Å². The molecule has 0 aliphatic carbocycles. The molecule has 0 aliphatic rings. The lowest BCUT2D eigenvalue weighted by Crippen LogP contribution is -2.21. The smallest absolute Gasteiger partial charge is 0.193 e. The molecular weight excluding hydrogens is 230 g/mol. The highest BCUT2D eigenvalue weighted by atomic mass is 35.5. The molecule has 0 amide bonds. The molecule has 0 saturated heterocycles. The fourth-order valence-corrected chi connectivity index (χ4v) is 1.35. The normalized spacial score (nSPS) is 13.8. The maximum atomic E-state index is 10.5. The van der Waals surface area contributed by atoms with Crippen molar-refractivity contribution in [2.75, 3.05) is 0 Å². The molecule has 13 heavy (non-hydrogen) atoms. The molecule has 0 heterocycles. The van der Waals surface area contributed by atoms with Crippen molar-refractivity contribution < 1.29 is 4.79 Å². The van der Waals surface area contributed by atoms with E-state index in [-0.39, 0.29) is 0 Å². The SMILES string of the molecule is O=CC(Cl)(Cl)C(Cl)c1ccccc1. The van der Waals surface area contributed by atoms with Gasteiger partial charge in [0.25, 0.3) is 0 Å². The van der Waals surface area contributed by atoms with Gasteiger partial charge < -0.3 is 0 Å². The Balaban J connectivity index is 2.91. The van der Waals surface area contributed by atoms with Crippen molar-refractivity contribution in [2.45, 2.75) is 9.71 Å². The van der Waals surface area contributed by atoms with Gasteiger partial charge >= 0.3 is 0 Å². The maximum Gasteiger partial charge on any atom is 0.193 e. The summed E-state index contributed by atoms with van der Waals surface area (Å²) in [5, 5.41) is -0.727. The molecule has 1 rings (SSSR count). The van der Waals surface area contributed by atoms with E-state index in [1.807, 2.05) is 6.07 Å². The average molecular weight is 238 g/mol. The lowest BCUT2D eigenvalue weighted by Gasteiger charge is -2.18. The first-order valence-corrected chi connectivity index (χ1v) is 4.80. The second kappa shape index (κ2) is 4.32. The minimum absolute atomic E-state index is 0.431. The predicted molar refractivity (Wildman–Crippen MR) is 55.5 cm³/mol. The van der Waals surface area contributed by atoms with Gasteiger partial charge in [-0.25, -0.2) is 0 Å². The summed E-state index contributed by atoms with van der Waals surface area (Å²) < 4.78 is -1.57. The molecule has 1 unspecified atom stereocenters. The molecule has 70 valence electrons. The average Bonchev–Trinajstić information content (AvgIpc) is 2.18. The van der Waals surface area contributed by atoms with E-state index in [0.717, 1.165) is 5.56 Å². The number of halogens is 3. The Bertz CT molecular complexity index is 284. The zero-order valence-corrected chi connectivity index (χ0v) is 8.85. The van der Waals surface area contributed by atoms with Crippen LogP contribution in [0.1, 0.15) is 10.9 Å². The van der Waals surface area contributed by atoms with E-state index in [1.165, 1.54) is 0 Å². The third kappa shape index (κ3) is 2.60. The lowest BCUT2D eigenvalue weighted by molar-refractivity contribution is -0.108. The summed E-state index contributed by atoms with van der Waals surface area (Å²) in [5.74, 6) is 0. The highest BCUT2D eigenvalue weighted by molar-refractivity contribution is 6.59. The summed E-state index contributed by atoms with van der Waals surface area (Å²) in [4.78, 5) is 10.5. The van der Waals surface area contributed by atoms with Gasteiger partial charge in [-0.2, -0.15) is 0 Å². The van der Waals surface area contributed by atoms with Gasteiger partial charge in [-0.1, -0.05) is 53.5 Å². The summed E-state index contributed by atoms with van der Waals surface area (Å²) in [6.45, 7) is 0. The topological polar surface area (TPSA) is 17.1 Å². The van der Waals surface area contributed by atoms with Crippen LogP contribution in [0.15, 0.2) is 30.3 Å². The number of benzene rings is 1. The lowest BCUT2D eigenvalue weighted by atomic mass is 10.1. The standard InChI is InChI=1S/C9H7Cl3O/c10-8(9(11,12)6-13)7-4-2-1-3-5-7/h1-6,8H. The third-order valence-electron chi connectivity index (χ3n) is 1.59. The Morgan fingerprint density at radius 1 is 1.23 bits per heavy atom. The summed E-state index contributed by atoms with van der Waals surface area (Å²) >= 11 is 17.2. The van der Waals surface area contributed by atoms with Gasteiger partial charge in [0.05, 0.1) is 5.38 Å². The molecule has 1 atom stereocenters. The first-order chi connectivity index (χ1) is 6.08. The van der Waals surface area contributed by atoms with Crippen LogP contribution in [0.4, 0.5) is 0 Å². The Morgan fingerprint density at radius 3 is 2.23 bits per heavy atom. The van der Waals surface area contributed by atoms with Crippen molar-refractivity contribution in [3.8, 4) is 0 Å². The summed E-state index contributed by atoms with van der Waals surface area (Å²) in [7, 11) is 0. The Morgan fingerprint density at radius 2 is 1.77 bits per heavy atom. The van der Waals surface area contributed by atoms with E-state index in [1.54, 1.807) is 24.3 Å². The summed E-state index contributed by atoms with van der Waals surface area (Å²) in [5.41, 5.74) is 0.723. The number of carbonyl (C=O) groups excluding carboxylic acids is 1. The molecule has 0 spiro atoms. The van der Waals surface area contributed by atoms with E-state index < -0.39 is 9.71 Å². The molecule has 0 aromatic heterocycles. The molecule has 1 nitrogen and oxygen atoms in total. The summed E-state index contributed by atoms with van der Waals surface area (Å²) in [6.07, 6.45) is 0.431. The minimum Gasteiger partial charge on any atom is -0.300 e. The number of hydrogen-bond donors (Lipinski definition) is 0. The Hall–Kier alpha value is -0.240. The van der Waals surface area contributed by atoms with Gasteiger partial charge in [0.15, 0.2) is 10.6 Å². The second-order valence-electron chi connectivity index (χ2n) is 2.57. The third-order valence-corrected chi connectivity index (χ3v) is 3.02. The van der Waals surface area contributed by atoms with Crippen LogP contribution in [0.5, 0.6) is 0 Å². The second-order valence-corrected chi connectivity index (χ2v) is 4.45. The van der Waals surface area contributed by atoms with Crippen LogP contribution < -0.4 is 0 Å². The molecule has 0 aliphatic heterocycles. The molecule has 0 radical (unpaired) electrons. The van der Waals surface area contributed by atoms with E-state index in [0.29, 0.717) is 6.29 Å². The summed E-state index contributed by atoms with van der Waals surface area (Å²) in [6, 6.07) is 8.98. The zero-order chi connectivity index (χ0) is 9.90. The van der Waals surface area contributed by atoms with Gasteiger partial charge in [-0.15, -0.1) is 11.6 Å². The molecule has 0 bridgehead atoms. The van der Waals surface area contributed by atoms with E-state index in [2.05, 4.69) is 0 Å².